The molecule has 0 saturated carbocycles. The first-order chi connectivity index (χ1) is 7.81. The van der Waals surface area contributed by atoms with Gasteiger partial charge in [0.05, 0.1) is 5.56 Å². The minimum Gasteiger partial charge on any atom is -0.288 e. The van der Waals surface area contributed by atoms with E-state index in [2.05, 4.69) is 9.97 Å². The first kappa shape index (κ1) is 10.8. The Morgan fingerprint density at radius 1 is 1.06 bits per heavy atom. The van der Waals surface area contributed by atoms with Crippen molar-refractivity contribution in [1.29, 1.82) is 0 Å². The van der Waals surface area contributed by atoms with E-state index in [1.54, 1.807) is 11.8 Å². The highest BCUT2D eigenvalue weighted by Crippen LogP contribution is 2.16. The Hall–Kier alpha value is -1.68. The molecule has 0 N–H and O–H groups in total. The fourth-order valence-electron chi connectivity index (χ4n) is 1.33. The molecule has 0 unspecified atom stereocenters. The van der Waals surface area contributed by atoms with Crippen molar-refractivity contribution in [3.05, 3.63) is 54.1 Å². The van der Waals surface area contributed by atoms with Gasteiger partial charge in [-0.05, 0) is 30.5 Å². The maximum Gasteiger partial charge on any atom is 0.196 e. The number of ketones is 1. The number of hydrogen-bond acceptors (Lipinski definition) is 4. The number of thioether (sulfide) groups is 1. The van der Waals surface area contributed by atoms with Gasteiger partial charge in [0.1, 0.15) is 6.33 Å². The van der Waals surface area contributed by atoms with Crippen LogP contribution in [0.4, 0.5) is 0 Å². The summed E-state index contributed by atoms with van der Waals surface area (Å²) in [5.41, 5.74) is 1.17. The highest BCUT2D eigenvalue weighted by atomic mass is 32.2. The van der Waals surface area contributed by atoms with Crippen LogP contribution in [0.3, 0.4) is 0 Å². The van der Waals surface area contributed by atoms with E-state index in [-0.39, 0.29) is 5.78 Å². The molecule has 0 bridgehead atoms. The summed E-state index contributed by atoms with van der Waals surface area (Å²) in [6.45, 7) is 0. The molecule has 0 radical (unpaired) electrons. The van der Waals surface area contributed by atoms with Crippen molar-refractivity contribution in [3.8, 4) is 0 Å². The third-order valence-corrected chi connectivity index (χ3v) is 2.92. The molecule has 4 heteroatoms. The minimum absolute atomic E-state index is 0.0479. The van der Waals surface area contributed by atoms with Crippen LogP contribution in [-0.2, 0) is 0 Å². The largest absolute Gasteiger partial charge is 0.288 e. The minimum atomic E-state index is -0.0479. The normalized spacial score (nSPS) is 10.1. The Bertz CT molecular complexity index is 482. The van der Waals surface area contributed by atoms with E-state index in [4.69, 9.17) is 0 Å². The molecule has 0 atom stereocenters. The van der Waals surface area contributed by atoms with Crippen LogP contribution < -0.4 is 0 Å². The molecule has 0 saturated heterocycles. The van der Waals surface area contributed by atoms with Gasteiger partial charge in [-0.25, -0.2) is 9.97 Å². The lowest BCUT2D eigenvalue weighted by atomic mass is 10.1. The summed E-state index contributed by atoms with van der Waals surface area (Å²) < 4.78 is 0. The number of hydrogen-bond donors (Lipinski definition) is 0. The van der Waals surface area contributed by atoms with Crippen molar-refractivity contribution in [1.82, 2.24) is 9.97 Å². The lowest BCUT2D eigenvalue weighted by Gasteiger charge is -2.01. The highest BCUT2D eigenvalue weighted by molar-refractivity contribution is 7.98. The van der Waals surface area contributed by atoms with Gasteiger partial charge >= 0.3 is 0 Å². The predicted molar refractivity (Wildman–Crippen MR) is 63.7 cm³/mol. The van der Waals surface area contributed by atoms with E-state index < -0.39 is 0 Å². The van der Waals surface area contributed by atoms with Crippen molar-refractivity contribution in [3.63, 3.8) is 0 Å². The van der Waals surface area contributed by atoms with Gasteiger partial charge in [-0.15, -0.1) is 11.8 Å². The van der Waals surface area contributed by atoms with Crippen molar-refractivity contribution < 1.29 is 4.79 Å². The molecule has 80 valence electrons. The summed E-state index contributed by atoms with van der Waals surface area (Å²) in [4.78, 5) is 20.8. The van der Waals surface area contributed by atoms with Gasteiger partial charge in [0.15, 0.2) is 5.78 Å². The molecule has 1 heterocycles. The number of carbonyl (C=O) groups is 1. The second-order valence-electron chi connectivity index (χ2n) is 3.18. The number of aromatic nitrogens is 2. The molecule has 16 heavy (non-hydrogen) atoms. The maximum atomic E-state index is 12.0. The van der Waals surface area contributed by atoms with Crippen molar-refractivity contribution in [2.45, 2.75) is 4.90 Å². The molecule has 2 aromatic rings. The number of nitrogens with zero attached hydrogens (tertiary/aromatic N) is 2. The fourth-order valence-corrected chi connectivity index (χ4v) is 1.73. The summed E-state index contributed by atoms with van der Waals surface area (Å²) in [5, 5.41) is 0. The molecule has 0 aliphatic heterocycles. The predicted octanol–water partition coefficient (Wildman–Crippen LogP) is 2.43. The topological polar surface area (TPSA) is 42.9 Å². The SMILES string of the molecule is CSc1ccc(C(=O)c2cncnc2)cc1. The zero-order valence-corrected chi connectivity index (χ0v) is 9.57. The first-order valence-corrected chi connectivity index (χ1v) is 5.97. The maximum absolute atomic E-state index is 12.0. The van der Waals surface area contributed by atoms with Crippen molar-refractivity contribution >= 4 is 17.5 Å². The Kier molecular flexibility index (Phi) is 3.31. The van der Waals surface area contributed by atoms with E-state index >= 15 is 0 Å². The second-order valence-corrected chi connectivity index (χ2v) is 4.06. The van der Waals surface area contributed by atoms with E-state index in [0.29, 0.717) is 11.1 Å². The van der Waals surface area contributed by atoms with Crippen LogP contribution in [0.1, 0.15) is 15.9 Å². The van der Waals surface area contributed by atoms with E-state index in [9.17, 15) is 4.79 Å². The van der Waals surface area contributed by atoms with Crippen LogP contribution >= 0.6 is 11.8 Å². The lowest BCUT2D eigenvalue weighted by Crippen LogP contribution is -2.01. The highest BCUT2D eigenvalue weighted by Gasteiger charge is 2.08. The molecule has 2 rings (SSSR count). The molecule has 0 fully saturated rings. The van der Waals surface area contributed by atoms with E-state index in [1.807, 2.05) is 30.5 Å². The van der Waals surface area contributed by atoms with Gasteiger partial charge in [0.25, 0.3) is 0 Å². The zero-order chi connectivity index (χ0) is 11.4. The third kappa shape index (κ3) is 2.28. The summed E-state index contributed by atoms with van der Waals surface area (Å²) in [5.74, 6) is -0.0479. The smallest absolute Gasteiger partial charge is 0.196 e. The molecule has 1 aromatic heterocycles. The number of carbonyl (C=O) groups excluding carboxylic acids is 1. The van der Waals surface area contributed by atoms with Gasteiger partial charge in [-0.2, -0.15) is 0 Å². The Morgan fingerprint density at radius 3 is 2.25 bits per heavy atom. The molecular formula is C12H10N2OS. The van der Waals surface area contributed by atoms with Crippen LogP contribution in [-0.4, -0.2) is 22.0 Å². The monoisotopic (exact) mass is 230 g/mol. The lowest BCUT2D eigenvalue weighted by molar-refractivity contribution is 0.103. The van der Waals surface area contributed by atoms with Crippen molar-refractivity contribution in [2.24, 2.45) is 0 Å². The molecular weight excluding hydrogens is 220 g/mol. The van der Waals surface area contributed by atoms with Crippen LogP contribution in [0.15, 0.2) is 47.9 Å². The summed E-state index contributed by atoms with van der Waals surface area (Å²) >= 11 is 1.65. The summed E-state index contributed by atoms with van der Waals surface area (Å²) in [6.07, 6.45) is 6.46. The van der Waals surface area contributed by atoms with Crippen LogP contribution in [0.25, 0.3) is 0 Å². The molecule has 0 amide bonds. The van der Waals surface area contributed by atoms with Crippen LogP contribution in [0, 0.1) is 0 Å². The Labute approximate surface area is 97.9 Å². The first-order valence-electron chi connectivity index (χ1n) is 4.75. The molecule has 0 aliphatic rings. The number of rotatable bonds is 3. The van der Waals surface area contributed by atoms with Gasteiger partial charge in [-0.1, -0.05) is 0 Å². The standard InChI is InChI=1S/C12H10N2OS/c1-16-11-4-2-9(3-5-11)12(15)10-6-13-8-14-7-10/h2-8H,1H3. The van der Waals surface area contributed by atoms with Gasteiger partial charge in [0, 0.05) is 22.9 Å². The van der Waals surface area contributed by atoms with E-state index in [0.717, 1.165) is 4.90 Å². The molecule has 0 spiro atoms. The molecule has 1 aromatic carbocycles. The average Bonchev–Trinajstić information content (AvgIpc) is 2.39. The second kappa shape index (κ2) is 4.90. The molecule has 3 nitrogen and oxygen atoms in total. The zero-order valence-electron chi connectivity index (χ0n) is 8.75. The van der Waals surface area contributed by atoms with Gasteiger partial charge in [-0.3, -0.25) is 4.79 Å². The van der Waals surface area contributed by atoms with Gasteiger partial charge < -0.3 is 0 Å². The Balaban J connectivity index is 2.28. The van der Waals surface area contributed by atoms with Crippen LogP contribution in [0.2, 0.25) is 0 Å². The summed E-state index contributed by atoms with van der Waals surface area (Å²) in [7, 11) is 0. The Morgan fingerprint density at radius 2 is 1.69 bits per heavy atom. The number of benzene rings is 1. The van der Waals surface area contributed by atoms with E-state index in [1.165, 1.54) is 18.7 Å². The summed E-state index contributed by atoms with van der Waals surface area (Å²) in [6, 6.07) is 7.51. The third-order valence-electron chi connectivity index (χ3n) is 2.17. The van der Waals surface area contributed by atoms with Crippen LogP contribution in [0.5, 0.6) is 0 Å². The van der Waals surface area contributed by atoms with Gasteiger partial charge in [0.2, 0.25) is 0 Å². The molecule has 0 aliphatic carbocycles. The fraction of sp³-hybridized carbons (Fsp3) is 0.0833. The average molecular weight is 230 g/mol. The quantitative estimate of drug-likeness (QED) is 0.600. The van der Waals surface area contributed by atoms with Crippen molar-refractivity contribution in [2.75, 3.05) is 6.26 Å².